The van der Waals surface area contributed by atoms with Crippen molar-refractivity contribution in [3.63, 3.8) is 0 Å². The number of nitro groups is 1. The molecule has 1 fully saturated rings. The highest BCUT2D eigenvalue weighted by atomic mass is 79.9. The normalized spacial score (nSPS) is 15.7. The summed E-state index contributed by atoms with van der Waals surface area (Å²) in [5, 5.41) is 13.8. The summed E-state index contributed by atoms with van der Waals surface area (Å²) in [6.07, 6.45) is 4.37. The molecule has 0 spiro atoms. The Kier molecular flexibility index (Phi) is 4.75. The van der Waals surface area contributed by atoms with Crippen molar-refractivity contribution in [3.8, 4) is 0 Å². The number of nitrogens with one attached hydrogen (secondary N) is 1. The summed E-state index contributed by atoms with van der Waals surface area (Å²) < 4.78 is 0.379. The van der Waals surface area contributed by atoms with Crippen LogP contribution >= 0.6 is 15.9 Å². The van der Waals surface area contributed by atoms with E-state index in [0.717, 1.165) is 18.8 Å². The fourth-order valence-electron chi connectivity index (χ4n) is 2.15. The zero-order valence-corrected chi connectivity index (χ0v) is 12.9. The predicted molar refractivity (Wildman–Crippen MR) is 79.7 cm³/mol. The highest BCUT2D eigenvalue weighted by molar-refractivity contribution is 9.10. The topological polar surface area (TPSA) is 72.2 Å². The second kappa shape index (κ2) is 6.35. The van der Waals surface area contributed by atoms with E-state index in [1.54, 1.807) is 6.07 Å². The van der Waals surface area contributed by atoms with Crippen LogP contribution in [0.1, 0.15) is 43.0 Å². The van der Waals surface area contributed by atoms with Crippen LogP contribution in [-0.2, 0) is 0 Å². The Morgan fingerprint density at radius 1 is 1.55 bits per heavy atom. The first-order valence-corrected chi connectivity index (χ1v) is 7.55. The zero-order valence-electron chi connectivity index (χ0n) is 11.3. The summed E-state index contributed by atoms with van der Waals surface area (Å²) in [4.78, 5) is 22.5. The van der Waals surface area contributed by atoms with Crippen molar-refractivity contribution in [3.05, 3.63) is 38.3 Å². The number of nitro benzene ring substituents is 1. The zero-order chi connectivity index (χ0) is 14.7. The third-order valence-electron chi connectivity index (χ3n) is 3.55. The Labute approximate surface area is 126 Å². The minimum absolute atomic E-state index is 0.0899. The number of halogens is 1. The number of benzene rings is 1. The lowest BCUT2D eigenvalue weighted by Crippen LogP contribution is -2.34. The van der Waals surface area contributed by atoms with Crippen molar-refractivity contribution in [2.24, 2.45) is 5.92 Å². The Balaban J connectivity index is 2.07. The first-order chi connectivity index (χ1) is 9.51. The molecule has 1 N–H and O–H groups in total. The largest absolute Gasteiger partial charge is 0.349 e. The van der Waals surface area contributed by atoms with Crippen LogP contribution in [0, 0.1) is 16.0 Å². The molecule has 2 rings (SSSR count). The van der Waals surface area contributed by atoms with E-state index >= 15 is 0 Å². The van der Waals surface area contributed by atoms with E-state index in [4.69, 9.17) is 0 Å². The lowest BCUT2D eigenvalue weighted by Gasteiger charge is -2.16. The Morgan fingerprint density at radius 3 is 2.80 bits per heavy atom. The predicted octanol–water partition coefficient (Wildman–Crippen LogP) is 3.67. The van der Waals surface area contributed by atoms with Crippen molar-refractivity contribution in [1.82, 2.24) is 5.32 Å². The maximum absolute atomic E-state index is 12.2. The molecule has 1 atom stereocenters. The van der Waals surface area contributed by atoms with Gasteiger partial charge in [-0.15, -0.1) is 0 Å². The average Bonchev–Trinajstić information content (AvgIpc) is 3.21. The van der Waals surface area contributed by atoms with Crippen LogP contribution in [0.2, 0.25) is 0 Å². The van der Waals surface area contributed by atoms with Crippen molar-refractivity contribution in [2.75, 3.05) is 0 Å². The first kappa shape index (κ1) is 15.0. The van der Waals surface area contributed by atoms with Crippen molar-refractivity contribution < 1.29 is 9.72 Å². The minimum Gasteiger partial charge on any atom is -0.349 e. The number of rotatable bonds is 6. The molecule has 0 aliphatic heterocycles. The van der Waals surface area contributed by atoms with E-state index in [0.29, 0.717) is 10.0 Å². The summed E-state index contributed by atoms with van der Waals surface area (Å²) >= 11 is 3.11. The van der Waals surface area contributed by atoms with E-state index < -0.39 is 4.92 Å². The van der Waals surface area contributed by atoms with E-state index in [2.05, 4.69) is 21.2 Å². The number of nitrogens with zero attached hydrogens (tertiary/aromatic N) is 1. The standard InChI is InChI=1S/C14H17BrN2O3/c1-2-11(7-9-3-4-9)16-14(18)10-5-6-12(15)13(8-10)17(19)20/h5-6,8-9,11H,2-4,7H2,1H3,(H,16,18). The summed E-state index contributed by atoms with van der Waals surface area (Å²) in [6.45, 7) is 2.04. The minimum atomic E-state index is -0.498. The number of amides is 1. The summed E-state index contributed by atoms with van der Waals surface area (Å²) in [5.41, 5.74) is 0.238. The van der Waals surface area contributed by atoms with Crippen LogP contribution in [0.4, 0.5) is 5.69 Å². The van der Waals surface area contributed by atoms with E-state index in [1.165, 1.54) is 25.0 Å². The summed E-state index contributed by atoms with van der Waals surface area (Å²) in [6, 6.07) is 4.59. The van der Waals surface area contributed by atoms with Gasteiger partial charge in [-0.05, 0) is 46.8 Å². The van der Waals surface area contributed by atoms with Gasteiger partial charge < -0.3 is 5.32 Å². The Hall–Kier alpha value is -1.43. The summed E-state index contributed by atoms with van der Waals surface area (Å²) in [5.74, 6) is 0.493. The quantitative estimate of drug-likeness (QED) is 0.634. The van der Waals surface area contributed by atoms with Crippen molar-refractivity contribution in [2.45, 2.75) is 38.6 Å². The maximum Gasteiger partial charge on any atom is 0.284 e. The van der Waals surface area contributed by atoms with Crippen LogP contribution in [0.3, 0.4) is 0 Å². The van der Waals surface area contributed by atoms with Gasteiger partial charge in [0.1, 0.15) is 0 Å². The van der Waals surface area contributed by atoms with Gasteiger partial charge in [-0.3, -0.25) is 14.9 Å². The SMILES string of the molecule is CCC(CC1CC1)NC(=O)c1ccc(Br)c([N+](=O)[O-])c1. The van der Waals surface area contributed by atoms with Gasteiger partial charge in [0.15, 0.2) is 0 Å². The smallest absolute Gasteiger partial charge is 0.284 e. The molecule has 1 aliphatic carbocycles. The van der Waals surface area contributed by atoms with Crippen LogP contribution in [0.5, 0.6) is 0 Å². The molecule has 1 amide bonds. The molecule has 1 saturated carbocycles. The van der Waals surface area contributed by atoms with E-state index in [9.17, 15) is 14.9 Å². The molecule has 108 valence electrons. The lowest BCUT2D eigenvalue weighted by atomic mass is 10.1. The molecule has 0 radical (unpaired) electrons. The Morgan fingerprint density at radius 2 is 2.25 bits per heavy atom. The van der Waals surface area contributed by atoms with E-state index in [1.807, 2.05) is 6.92 Å². The fraction of sp³-hybridized carbons (Fsp3) is 0.500. The van der Waals surface area contributed by atoms with Gasteiger partial charge in [-0.25, -0.2) is 0 Å². The Bertz CT molecular complexity index is 529. The van der Waals surface area contributed by atoms with Gasteiger partial charge in [0.25, 0.3) is 11.6 Å². The lowest BCUT2D eigenvalue weighted by molar-refractivity contribution is -0.385. The van der Waals surface area contributed by atoms with Gasteiger partial charge in [-0.1, -0.05) is 19.8 Å². The van der Waals surface area contributed by atoms with Crippen LogP contribution in [0.25, 0.3) is 0 Å². The molecule has 0 aromatic heterocycles. The van der Waals surface area contributed by atoms with Crippen LogP contribution in [-0.4, -0.2) is 16.9 Å². The van der Waals surface area contributed by atoms with E-state index in [-0.39, 0.29) is 17.6 Å². The molecule has 1 aliphatic rings. The first-order valence-electron chi connectivity index (χ1n) is 6.76. The number of carbonyl (C=O) groups excluding carboxylic acids is 1. The highest BCUT2D eigenvalue weighted by Crippen LogP contribution is 2.34. The van der Waals surface area contributed by atoms with Gasteiger partial charge in [0, 0.05) is 17.7 Å². The second-order valence-electron chi connectivity index (χ2n) is 5.18. The number of hydrogen-bond acceptors (Lipinski definition) is 3. The van der Waals surface area contributed by atoms with Gasteiger partial charge >= 0.3 is 0 Å². The van der Waals surface area contributed by atoms with Crippen LogP contribution < -0.4 is 5.32 Å². The van der Waals surface area contributed by atoms with Gasteiger partial charge in [0.2, 0.25) is 0 Å². The van der Waals surface area contributed by atoms with Crippen LogP contribution in [0.15, 0.2) is 22.7 Å². The molecule has 5 nitrogen and oxygen atoms in total. The third-order valence-corrected chi connectivity index (χ3v) is 4.22. The molecule has 0 bridgehead atoms. The van der Waals surface area contributed by atoms with Crippen molar-refractivity contribution in [1.29, 1.82) is 0 Å². The highest BCUT2D eigenvalue weighted by Gasteiger charge is 2.26. The number of hydrogen-bond donors (Lipinski definition) is 1. The average molecular weight is 341 g/mol. The molecule has 1 aromatic rings. The number of carbonyl (C=O) groups is 1. The molecule has 0 heterocycles. The maximum atomic E-state index is 12.2. The molecule has 0 saturated heterocycles. The molecule has 1 aromatic carbocycles. The van der Waals surface area contributed by atoms with Gasteiger partial charge in [0.05, 0.1) is 9.40 Å². The molecular weight excluding hydrogens is 324 g/mol. The second-order valence-corrected chi connectivity index (χ2v) is 6.04. The van der Waals surface area contributed by atoms with Gasteiger partial charge in [-0.2, -0.15) is 0 Å². The molecule has 1 unspecified atom stereocenters. The molecular formula is C14H17BrN2O3. The fourth-order valence-corrected chi connectivity index (χ4v) is 2.54. The third kappa shape index (κ3) is 3.79. The van der Waals surface area contributed by atoms with Crippen molar-refractivity contribution >= 4 is 27.5 Å². The summed E-state index contributed by atoms with van der Waals surface area (Å²) in [7, 11) is 0. The monoisotopic (exact) mass is 340 g/mol. The molecule has 20 heavy (non-hydrogen) atoms. The molecule has 6 heteroatoms.